The van der Waals surface area contributed by atoms with Gasteiger partial charge in [-0.25, -0.2) is 0 Å². The summed E-state index contributed by atoms with van der Waals surface area (Å²) < 4.78 is 4.61. The second kappa shape index (κ2) is 2.67. The molecule has 0 radical (unpaired) electrons. The van der Waals surface area contributed by atoms with Crippen LogP contribution in [0.25, 0.3) is 0 Å². The highest BCUT2D eigenvalue weighted by Gasteiger charge is 2.12. The van der Waals surface area contributed by atoms with E-state index in [0.717, 1.165) is 19.4 Å². The molecule has 1 N–H and O–H groups in total. The van der Waals surface area contributed by atoms with Crippen molar-refractivity contribution < 1.29 is 9.53 Å². The van der Waals surface area contributed by atoms with Crippen molar-refractivity contribution in [2.45, 2.75) is 19.1 Å². The Balaban J connectivity index is 2.14. The van der Waals surface area contributed by atoms with Crippen molar-refractivity contribution in [2.24, 2.45) is 0 Å². The Kier molecular flexibility index (Phi) is 1.86. The summed E-state index contributed by atoms with van der Waals surface area (Å²) in [5, 5.41) is 3.00. The fourth-order valence-corrected chi connectivity index (χ4v) is 0.836. The molecule has 1 aliphatic heterocycles. The van der Waals surface area contributed by atoms with Crippen molar-refractivity contribution in [1.82, 2.24) is 5.32 Å². The second-order valence-corrected chi connectivity index (χ2v) is 1.82. The van der Waals surface area contributed by atoms with Gasteiger partial charge in [0.15, 0.2) is 6.23 Å². The maximum Gasteiger partial charge on any atom is 0.294 e. The van der Waals surface area contributed by atoms with Gasteiger partial charge in [0.1, 0.15) is 0 Å². The highest BCUT2D eigenvalue weighted by molar-refractivity contribution is 5.37. The lowest BCUT2D eigenvalue weighted by Crippen LogP contribution is -2.23. The van der Waals surface area contributed by atoms with E-state index in [1.54, 1.807) is 0 Å². The summed E-state index contributed by atoms with van der Waals surface area (Å²) in [6, 6.07) is 0. The smallest absolute Gasteiger partial charge is 0.294 e. The normalized spacial score (nSPS) is 27.8. The van der Waals surface area contributed by atoms with E-state index in [1.807, 2.05) is 0 Å². The molecule has 1 aliphatic rings. The van der Waals surface area contributed by atoms with E-state index in [4.69, 9.17) is 0 Å². The minimum Gasteiger partial charge on any atom is -0.449 e. The second-order valence-electron chi connectivity index (χ2n) is 1.82. The van der Waals surface area contributed by atoms with Gasteiger partial charge in [-0.1, -0.05) is 0 Å². The summed E-state index contributed by atoms with van der Waals surface area (Å²) >= 11 is 0. The van der Waals surface area contributed by atoms with Crippen LogP contribution in [0.5, 0.6) is 0 Å². The summed E-state index contributed by atoms with van der Waals surface area (Å²) in [5.41, 5.74) is 0. The monoisotopic (exact) mass is 115 g/mol. The van der Waals surface area contributed by atoms with Gasteiger partial charge in [-0.05, 0) is 19.4 Å². The predicted octanol–water partition coefficient (Wildman–Crippen LogP) is -0.131. The van der Waals surface area contributed by atoms with Crippen molar-refractivity contribution in [1.29, 1.82) is 0 Å². The van der Waals surface area contributed by atoms with Gasteiger partial charge >= 0.3 is 0 Å². The van der Waals surface area contributed by atoms with Crippen molar-refractivity contribution in [3.63, 3.8) is 0 Å². The number of carbonyl (C=O) groups excluding carboxylic acids is 1. The molecule has 46 valence electrons. The molecule has 0 unspecified atom stereocenters. The van der Waals surface area contributed by atoms with Crippen LogP contribution < -0.4 is 5.32 Å². The van der Waals surface area contributed by atoms with E-state index >= 15 is 0 Å². The molecular formula is C5H9NO2. The van der Waals surface area contributed by atoms with Crippen LogP contribution >= 0.6 is 0 Å². The largest absolute Gasteiger partial charge is 0.449 e. The molecule has 1 heterocycles. The number of rotatable bonds is 2. The number of hydrogen-bond acceptors (Lipinski definition) is 3. The van der Waals surface area contributed by atoms with Crippen LogP contribution in [0.4, 0.5) is 0 Å². The van der Waals surface area contributed by atoms with Crippen LogP contribution in [0.3, 0.4) is 0 Å². The van der Waals surface area contributed by atoms with E-state index in [1.165, 1.54) is 0 Å². The maximum absolute atomic E-state index is 9.70. The zero-order valence-electron chi connectivity index (χ0n) is 4.59. The third-order valence-electron chi connectivity index (χ3n) is 1.23. The SMILES string of the molecule is O=CO[C@H]1CCCN1. The molecule has 1 fully saturated rings. The van der Waals surface area contributed by atoms with Crippen LogP contribution in [0.2, 0.25) is 0 Å². The van der Waals surface area contributed by atoms with Crippen molar-refractivity contribution in [3.8, 4) is 0 Å². The molecule has 0 aliphatic carbocycles. The van der Waals surface area contributed by atoms with Crippen LogP contribution in [-0.2, 0) is 9.53 Å². The number of hydrogen-bond donors (Lipinski definition) is 1. The van der Waals surface area contributed by atoms with Gasteiger partial charge < -0.3 is 4.74 Å². The average Bonchev–Trinajstić information content (AvgIpc) is 2.19. The Hall–Kier alpha value is -0.570. The van der Waals surface area contributed by atoms with Crippen molar-refractivity contribution in [2.75, 3.05) is 6.54 Å². The molecule has 1 saturated heterocycles. The molecule has 0 aromatic carbocycles. The Morgan fingerprint density at radius 3 is 3.12 bits per heavy atom. The zero-order chi connectivity index (χ0) is 5.82. The third kappa shape index (κ3) is 1.20. The summed E-state index contributed by atoms with van der Waals surface area (Å²) in [6.45, 7) is 1.46. The van der Waals surface area contributed by atoms with Crippen molar-refractivity contribution >= 4 is 6.47 Å². The molecule has 8 heavy (non-hydrogen) atoms. The first-order valence-electron chi connectivity index (χ1n) is 2.76. The Bertz CT molecular complexity index is 78.5. The lowest BCUT2D eigenvalue weighted by Gasteiger charge is -2.04. The molecule has 0 bridgehead atoms. The van der Waals surface area contributed by atoms with E-state index in [0.29, 0.717) is 6.47 Å². The summed E-state index contributed by atoms with van der Waals surface area (Å²) in [7, 11) is 0. The van der Waals surface area contributed by atoms with Crippen LogP contribution in [0.1, 0.15) is 12.8 Å². The Labute approximate surface area is 48.0 Å². The summed E-state index contributed by atoms with van der Waals surface area (Å²) in [5.74, 6) is 0. The molecule has 0 spiro atoms. The van der Waals surface area contributed by atoms with Gasteiger partial charge in [0, 0.05) is 0 Å². The predicted molar refractivity (Wildman–Crippen MR) is 28.2 cm³/mol. The molecule has 3 heteroatoms. The standard InChI is InChI=1S/C5H9NO2/c7-4-8-5-2-1-3-6-5/h4-6H,1-3H2/t5-/m0/s1. The summed E-state index contributed by atoms with van der Waals surface area (Å²) in [6.07, 6.45) is 2.06. The van der Waals surface area contributed by atoms with Gasteiger partial charge in [-0.2, -0.15) is 0 Å². The lowest BCUT2D eigenvalue weighted by molar-refractivity contribution is -0.134. The van der Waals surface area contributed by atoms with E-state index in [-0.39, 0.29) is 6.23 Å². The van der Waals surface area contributed by atoms with Gasteiger partial charge in [0.2, 0.25) is 0 Å². The fraction of sp³-hybridized carbons (Fsp3) is 0.800. The highest BCUT2D eigenvalue weighted by atomic mass is 16.5. The average molecular weight is 115 g/mol. The molecule has 0 aromatic heterocycles. The number of nitrogens with one attached hydrogen (secondary N) is 1. The zero-order valence-corrected chi connectivity index (χ0v) is 4.59. The number of carbonyl (C=O) groups is 1. The fourth-order valence-electron chi connectivity index (χ4n) is 0.836. The Morgan fingerprint density at radius 1 is 1.75 bits per heavy atom. The van der Waals surface area contributed by atoms with E-state index in [2.05, 4.69) is 10.1 Å². The molecular weight excluding hydrogens is 106 g/mol. The molecule has 0 aromatic rings. The van der Waals surface area contributed by atoms with E-state index in [9.17, 15) is 4.79 Å². The van der Waals surface area contributed by atoms with Crippen molar-refractivity contribution in [3.05, 3.63) is 0 Å². The van der Waals surface area contributed by atoms with Crippen LogP contribution in [-0.4, -0.2) is 19.2 Å². The molecule has 0 saturated carbocycles. The Morgan fingerprint density at radius 2 is 2.62 bits per heavy atom. The first-order chi connectivity index (χ1) is 3.93. The highest BCUT2D eigenvalue weighted by Crippen LogP contribution is 2.03. The maximum atomic E-state index is 9.70. The van der Waals surface area contributed by atoms with Gasteiger partial charge in [-0.15, -0.1) is 0 Å². The first kappa shape index (κ1) is 5.56. The number of ether oxygens (including phenoxy) is 1. The van der Waals surface area contributed by atoms with Crippen LogP contribution in [0.15, 0.2) is 0 Å². The van der Waals surface area contributed by atoms with Gasteiger partial charge in [-0.3, -0.25) is 10.1 Å². The minimum atomic E-state index is -0.00694. The third-order valence-corrected chi connectivity index (χ3v) is 1.23. The quantitative estimate of drug-likeness (QED) is 0.509. The van der Waals surface area contributed by atoms with Gasteiger partial charge in [0.25, 0.3) is 6.47 Å². The molecule has 3 nitrogen and oxygen atoms in total. The van der Waals surface area contributed by atoms with E-state index < -0.39 is 0 Å². The lowest BCUT2D eigenvalue weighted by atomic mass is 10.4. The molecule has 1 rings (SSSR count). The summed E-state index contributed by atoms with van der Waals surface area (Å²) in [4.78, 5) is 9.70. The first-order valence-corrected chi connectivity index (χ1v) is 2.76. The molecule has 1 atom stereocenters. The van der Waals surface area contributed by atoms with Crippen LogP contribution in [0, 0.1) is 0 Å². The topological polar surface area (TPSA) is 38.3 Å². The molecule has 0 amide bonds. The minimum absolute atomic E-state index is 0.00694. The van der Waals surface area contributed by atoms with Gasteiger partial charge in [0.05, 0.1) is 0 Å².